The molecule has 1 aliphatic heterocycles. The average Bonchev–Trinajstić information content (AvgIpc) is 3.05. The van der Waals surface area contributed by atoms with Gasteiger partial charge in [0, 0.05) is 32.2 Å². The van der Waals surface area contributed by atoms with Crippen LogP contribution >= 0.6 is 0 Å². The van der Waals surface area contributed by atoms with Crippen molar-refractivity contribution in [3.05, 3.63) is 35.1 Å². The van der Waals surface area contributed by atoms with Crippen molar-refractivity contribution in [2.45, 2.75) is 38.0 Å². The Morgan fingerprint density at radius 3 is 3.09 bits per heavy atom. The molecule has 2 fully saturated rings. The third kappa shape index (κ3) is 3.55. The second-order valence-corrected chi connectivity index (χ2v) is 6.39. The monoisotopic (exact) mass is 318 g/mol. The quantitative estimate of drug-likeness (QED) is 0.856. The SMILES string of the molecule is CO[C@@H]1CCC[C@H]1[C@@H]1COCCN1Cc1ccc(F)cc1C#N. The van der Waals surface area contributed by atoms with Gasteiger partial charge in [0.05, 0.1) is 31.0 Å². The summed E-state index contributed by atoms with van der Waals surface area (Å²) in [6.07, 6.45) is 3.73. The zero-order valence-electron chi connectivity index (χ0n) is 13.5. The predicted molar refractivity (Wildman–Crippen MR) is 84.3 cm³/mol. The Bertz CT molecular complexity index is 587. The molecule has 5 heteroatoms. The number of hydrogen-bond donors (Lipinski definition) is 0. The molecule has 0 radical (unpaired) electrons. The van der Waals surface area contributed by atoms with Gasteiger partial charge in [-0.1, -0.05) is 12.5 Å². The Morgan fingerprint density at radius 1 is 1.43 bits per heavy atom. The number of halogens is 1. The van der Waals surface area contributed by atoms with Crippen LogP contribution in [-0.2, 0) is 16.0 Å². The van der Waals surface area contributed by atoms with Gasteiger partial charge in [-0.3, -0.25) is 4.90 Å². The van der Waals surface area contributed by atoms with Crippen LogP contribution in [0.15, 0.2) is 18.2 Å². The molecule has 2 aliphatic rings. The van der Waals surface area contributed by atoms with Crippen LogP contribution in [0.5, 0.6) is 0 Å². The second kappa shape index (κ2) is 7.39. The van der Waals surface area contributed by atoms with Crippen LogP contribution < -0.4 is 0 Å². The van der Waals surface area contributed by atoms with Gasteiger partial charge in [0.2, 0.25) is 0 Å². The highest BCUT2D eigenvalue weighted by molar-refractivity contribution is 5.37. The Kier molecular flexibility index (Phi) is 5.27. The highest BCUT2D eigenvalue weighted by Gasteiger charge is 2.38. The molecule has 1 heterocycles. The van der Waals surface area contributed by atoms with Crippen molar-refractivity contribution in [2.24, 2.45) is 5.92 Å². The number of rotatable bonds is 4. The van der Waals surface area contributed by atoms with Crippen LogP contribution in [0.3, 0.4) is 0 Å². The molecule has 1 aromatic carbocycles. The van der Waals surface area contributed by atoms with Crippen LogP contribution in [0.4, 0.5) is 4.39 Å². The van der Waals surface area contributed by atoms with Crippen molar-refractivity contribution < 1.29 is 13.9 Å². The summed E-state index contributed by atoms with van der Waals surface area (Å²) in [7, 11) is 1.78. The van der Waals surface area contributed by atoms with Crippen molar-refractivity contribution in [3.8, 4) is 6.07 Å². The Morgan fingerprint density at radius 2 is 2.30 bits per heavy atom. The van der Waals surface area contributed by atoms with Gasteiger partial charge in [0.1, 0.15) is 5.82 Å². The first-order valence-electron chi connectivity index (χ1n) is 8.26. The van der Waals surface area contributed by atoms with Crippen molar-refractivity contribution in [2.75, 3.05) is 26.9 Å². The van der Waals surface area contributed by atoms with E-state index < -0.39 is 0 Å². The lowest BCUT2D eigenvalue weighted by Gasteiger charge is -2.40. The molecule has 1 saturated carbocycles. The van der Waals surface area contributed by atoms with Gasteiger partial charge in [-0.2, -0.15) is 5.26 Å². The molecule has 124 valence electrons. The zero-order valence-corrected chi connectivity index (χ0v) is 13.5. The Balaban J connectivity index is 1.78. The molecule has 1 aromatic rings. The first kappa shape index (κ1) is 16.4. The summed E-state index contributed by atoms with van der Waals surface area (Å²) in [4.78, 5) is 2.37. The maximum absolute atomic E-state index is 13.3. The standard InChI is InChI=1S/C18H23FN2O2/c1-22-18-4-2-3-16(18)17-12-23-8-7-21(17)11-13-5-6-15(19)9-14(13)10-20/h5-6,9,16-18H,2-4,7-8,11-12H2,1H3/t16-,17-,18+/m0/s1. The number of benzene rings is 1. The molecule has 3 atom stereocenters. The maximum Gasteiger partial charge on any atom is 0.124 e. The van der Waals surface area contributed by atoms with Gasteiger partial charge >= 0.3 is 0 Å². The normalized spacial score (nSPS) is 28.7. The smallest absolute Gasteiger partial charge is 0.124 e. The minimum atomic E-state index is -0.362. The van der Waals surface area contributed by atoms with E-state index in [-0.39, 0.29) is 11.9 Å². The lowest BCUT2D eigenvalue weighted by molar-refractivity contribution is -0.0608. The third-order valence-corrected chi connectivity index (χ3v) is 5.15. The number of nitriles is 1. The first-order valence-corrected chi connectivity index (χ1v) is 8.26. The summed E-state index contributed by atoms with van der Waals surface area (Å²) in [5.41, 5.74) is 1.30. The highest BCUT2D eigenvalue weighted by Crippen LogP contribution is 2.34. The topological polar surface area (TPSA) is 45.5 Å². The minimum absolute atomic E-state index is 0.285. The largest absolute Gasteiger partial charge is 0.381 e. The van der Waals surface area contributed by atoms with Crippen LogP contribution in [0.25, 0.3) is 0 Å². The Hall–Kier alpha value is -1.48. The molecule has 23 heavy (non-hydrogen) atoms. The number of hydrogen-bond acceptors (Lipinski definition) is 4. The van der Waals surface area contributed by atoms with Gasteiger partial charge < -0.3 is 9.47 Å². The summed E-state index contributed by atoms with van der Waals surface area (Å²) >= 11 is 0. The van der Waals surface area contributed by atoms with Crippen molar-refractivity contribution in [1.29, 1.82) is 5.26 Å². The highest BCUT2D eigenvalue weighted by atomic mass is 19.1. The van der Waals surface area contributed by atoms with E-state index in [1.165, 1.54) is 18.6 Å². The van der Waals surface area contributed by atoms with Crippen molar-refractivity contribution in [3.63, 3.8) is 0 Å². The predicted octanol–water partition coefficient (Wildman–Crippen LogP) is 2.71. The fourth-order valence-electron chi connectivity index (χ4n) is 3.94. The molecular formula is C18H23FN2O2. The minimum Gasteiger partial charge on any atom is -0.381 e. The van der Waals surface area contributed by atoms with E-state index in [1.807, 2.05) is 0 Å². The summed E-state index contributed by atoms with van der Waals surface area (Å²) in [5.74, 6) is 0.102. The fraction of sp³-hybridized carbons (Fsp3) is 0.611. The number of ether oxygens (including phenoxy) is 2. The molecule has 3 rings (SSSR count). The maximum atomic E-state index is 13.3. The van der Waals surface area contributed by atoms with E-state index in [0.29, 0.717) is 37.3 Å². The molecule has 0 spiro atoms. The van der Waals surface area contributed by atoms with Crippen molar-refractivity contribution in [1.82, 2.24) is 4.90 Å². The van der Waals surface area contributed by atoms with Gasteiger partial charge in [0.25, 0.3) is 0 Å². The molecule has 0 unspecified atom stereocenters. The van der Waals surface area contributed by atoms with E-state index in [4.69, 9.17) is 9.47 Å². The van der Waals surface area contributed by atoms with E-state index in [9.17, 15) is 9.65 Å². The second-order valence-electron chi connectivity index (χ2n) is 6.39. The molecule has 1 aliphatic carbocycles. The first-order chi connectivity index (χ1) is 11.2. The zero-order chi connectivity index (χ0) is 16.2. The Labute approximate surface area is 136 Å². The van der Waals surface area contributed by atoms with Crippen LogP contribution in [-0.4, -0.2) is 43.9 Å². The van der Waals surface area contributed by atoms with Crippen LogP contribution in [0.2, 0.25) is 0 Å². The van der Waals surface area contributed by atoms with Crippen LogP contribution in [0, 0.1) is 23.1 Å². The average molecular weight is 318 g/mol. The van der Waals surface area contributed by atoms with Gasteiger partial charge in [-0.15, -0.1) is 0 Å². The van der Waals surface area contributed by atoms with E-state index >= 15 is 0 Å². The lowest BCUT2D eigenvalue weighted by Crippen LogP contribution is -2.50. The molecule has 0 aromatic heterocycles. The summed E-state index contributed by atoms with van der Waals surface area (Å²) < 4.78 is 24.7. The molecule has 1 saturated heterocycles. The summed E-state index contributed by atoms with van der Waals surface area (Å²) in [6.45, 7) is 2.89. The molecular weight excluding hydrogens is 295 g/mol. The number of morpholine rings is 1. The molecule has 0 N–H and O–H groups in total. The molecule has 0 bridgehead atoms. The van der Waals surface area contributed by atoms with E-state index in [1.54, 1.807) is 13.2 Å². The van der Waals surface area contributed by atoms with Crippen molar-refractivity contribution >= 4 is 0 Å². The van der Waals surface area contributed by atoms with E-state index in [2.05, 4.69) is 11.0 Å². The number of methoxy groups -OCH3 is 1. The fourth-order valence-corrected chi connectivity index (χ4v) is 3.94. The molecule has 4 nitrogen and oxygen atoms in total. The summed E-state index contributed by atoms with van der Waals surface area (Å²) in [5, 5.41) is 9.25. The van der Waals surface area contributed by atoms with Gasteiger partial charge in [-0.25, -0.2) is 4.39 Å². The number of nitrogens with zero attached hydrogens (tertiary/aromatic N) is 2. The van der Waals surface area contributed by atoms with Gasteiger partial charge in [0.15, 0.2) is 0 Å². The van der Waals surface area contributed by atoms with Gasteiger partial charge in [-0.05, 0) is 30.5 Å². The third-order valence-electron chi connectivity index (χ3n) is 5.15. The molecule has 0 amide bonds. The van der Waals surface area contributed by atoms with Crippen LogP contribution in [0.1, 0.15) is 30.4 Å². The van der Waals surface area contributed by atoms with E-state index in [0.717, 1.165) is 24.9 Å². The summed E-state index contributed by atoms with van der Waals surface area (Å²) in [6, 6.07) is 6.88. The lowest BCUT2D eigenvalue weighted by atomic mass is 9.93.